The first-order chi connectivity index (χ1) is 14.7. The van der Waals surface area contributed by atoms with Gasteiger partial charge in [-0.15, -0.1) is 0 Å². The lowest BCUT2D eigenvalue weighted by atomic mass is 9.97. The predicted octanol–water partition coefficient (Wildman–Crippen LogP) is 2.98. The van der Waals surface area contributed by atoms with Gasteiger partial charge < -0.3 is 25.8 Å². The molecular weight excluding hydrogens is 429 g/mol. The van der Waals surface area contributed by atoms with Crippen LogP contribution in [0.3, 0.4) is 0 Å². The van der Waals surface area contributed by atoms with E-state index in [-0.39, 0.29) is 18.6 Å². The number of aromatic hydroxyl groups is 1. The first-order valence-electron chi connectivity index (χ1n) is 9.22. The van der Waals surface area contributed by atoms with Crippen molar-refractivity contribution in [2.45, 2.75) is 24.9 Å². The SMILES string of the molecule is N[C@@H](C[C@@H](Cc1ccc(-c2cc(Cl)ccc2F)cc1)NC(=O)c1cc(O)no1)C(=O)O. The van der Waals surface area contributed by atoms with Crippen LogP contribution in [0, 0.1) is 5.82 Å². The maximum Gasteiger partial charge on any atom is 0.320 e. The highest BCUT2D eigenvalue weighted by Gasteiger charge is 2.23. The third-order valence-corrected chi connectivity index (χ3v) is 4.82. The average molecular weight is 448 g/mol. The number of nitrogens with zero attached hydrogens (tertiary/aromatic N) is 1. The largest absolute Gasteiger partial charge is 0.491 e. The summed E-state index contributed by atoms with van der Waals surface area (Å²) in [5.41, 5.74) is 7.36. The highest BCUT2D eigenvalue weighted by Crippen LogP contribution is 2.26. The van der Waals surface area contributed by atoms with Gasteiger partial charge in [0.1, 0.15) is 11.9 Å². The van der Waals surface area contributed by atoms with E-state index in [1.54, 1.807) is 24.3 Å². The molecule has 31 heavy (non-hydrogen) atoms. The number of carboxylic acids is 1. The highest BCUT2D eigenvalue weighted by atomic mass is 35.5. The van der Waals surface area contributed by atoms with Crippen LogP contribution in [-0.4, -0.2) is 39.3 Å². The fourth-order valence-corrected chi connectivity index (χ4v) is 3.23. The number of hydrogen-bond acceptors (Lipinski definition) is 6. The number of carbonyl (C=O) groups is 2. The number of amides is 1. The minimum absolute atomic E-state index is 0.0497. The summed E-state index contributed by atoms with van der Waals surface area (Å²) in [5.74, 6) is -2.97. The van der Waals surface area contributed by atoms with Crippen molar-refractivity contribution in [2.24, 2.45) is 5.73 Å². The third kappa shape index (κ3) is 5.80. The molecule has 1 aromatic heterocycles. The van der Waals surface area contributed by atoms with Crippen LogP contribution >= 0.6 is 11.6 Å². The van der Waals surface area contributed by atoms with Crippen LogP contribution < -0.4 is 11.1 Å². The Hall–Kier alpha value is -3.43. The number of hydrogen-bond donors (Lipinski definition) is 4. The van der Waals surface area contributed by atoms with Crippen LogP contribution in [0.25, 0.3) is 11.1 Å². The molecule has 3 rings (SSSR count). The number of aliphatic carboxylic acids is 1. The van der Waals surface area contributed by atoms with Gasteiger partial charge in [0.25, 0.3) is 11.8 Å². The lowest BCUT2D eigenvalue weighted by Gasteiger charge is -2.20. The maximum atomic E-state index is 14.1. The van der Waals surface area contributed by atoms with Gasteiger partial charge in [-0.1, -0.05) is 35.9 Å². The Bertz CT molecular complexity index is 1090. The van der Waals surface area contributed by atoms with Gasteiger partial charge in [0.15, 0.2) is 0 Å². The zero-order valence-corrected chi connectivity index (χ0v) is 16.8. The Kier molecular flexibility index (Phi) is 6.88. The number of benzene rings is 2. The summed E-state index contributed by atoms with van der Waals surface area (Å²) in [7, 11) is 0. The molecule has 0 fully saturated rings. The Morgan fingerprint density at radius 2 is 1.90 bits per heavy atom. The second-order valence-electron chi connectivity index (χ2n) is 6.93. The van der Waals surface area contributed by atoms with E-state index in [9.17, 15) is 19.1 Å². The van der Waals surface area contributed by atoms with E-state index >= 15 is 0 Å². The van der Waals surface area contributed by atoms with E-state index in [1.165, 1.54) is 18.2 Å². The van der Waals surface area contributed by atoms with Crippen molar-refractivity contribution >= 4 is 23.5 Å². The number of carboxylic acid groups (broad SMARTS) is 1. The van der Waals surface area contributed by atoms with E-state index in [4.69, 9.17) is 27.0 Å². The van der Waals surface area contributed by atoms with Crippen LogP contribution in [0.5, 0.6) is 5.88 Å². The number of halogens is 2. The molecule has 8 nitrogen and oxygen atoms in total. The second kappa shape index (κ2) is 9.59. The molecule has 3 aromatic rings. The van der Waals surface area contributed by atoms with Gasteiger partial charge in [0.2, 0.25) is 5.76 Å². The smallest absolute Gasteiger partial charge is 0.320 e. The first kappa shape index (κ1) is 22.3. The van der Waals surface area contributed by atoms with E-state index in [0.717, 1.165) is 11.6 Å². The number of carbonyl (C=O) groups excluding carboxylic acids is 1. The van der Waals surface area contributed by atoms with Crippen molar-refractivity contribution < 1.29 is 28.7 Å². The molecule has 0 saturated heterocycles. The predicted molar refractivity (Wildman–Crippen MR) is 110 cm³/mol. The molecule has 0 saturated carbocycles. The number of nitrogens with one attached hydrogen (secondary N) is 1. The van der Waals surface area contributed by atoms with Gasteiger partial charge >= 0.3 is 5.97 Å². The van der Waals surface area contributed by atoms with Gasteiger partial charge in [-0.25, -0.2) is 4.39 Å². The van der Waals surface area contributed by atoms with Crippen molar-refractivity contribution in [1.29, 1.82) is 0 Å². The third-order valence-electron chi connectivity index (χ3n) is 4.59. The molecule has 1 heterocycles. The van der Waals surface area contributed by atoms with Crippen LogP contribution in [0.15, 0.2) is 53.1 Å². The lowest BCUT2D eigenvalue weighted by Crippen LogP contribution is -2.43. The van der Waals surface area contributed by atoms with Crippen LogP contribution in [-0.2, 0) is 11.2 Å². The van der Waals surface area contributed by atoms with Crippen molar-refractivity contribution in [2.75, 3.05) is 0 Å². The summed E-state index contributed by atoms with van der Waals surface area (Å²) < 4.78 is 18.8. The summed E-state index contributed by atoms with van der Waals surface area (Å²) >= 11 is 5.95. The van der Waals surface area contributed by atoms with Gasteiger partial charge in [-0.05, 0) is 47.3 Å². The number of aromatic nitrogens is 1. The topological polar surface area (TPSA) is 139 Å². The normalized spacial score (nSPS) is 12.9. The summed E-state index contributed by atoms with van der Waals surface area (Å²) in [6.07, 6.45) is 0.205. The van der Waals surface area contributed by atoms with Crippen molar-refractivity contribution in [1.82, 2.24) is 10.5 Å². The molecule has 0 bridgehead atoms. The highest BCUT2D eigenvalue weighted by molar-refractivity contribution is 6.30. The molecule has 0 aliphatic heterocycles. The fraction of sp³-hybridized carbons (Fsp3) is 0.190. The van der Waals surface area contributed by atoms with Crippen LogP contribution in [0.2, 0.25) is 5.02 Å². The molecular formula is C21H19ClFN3O5. The first-order valence-corrected chi connectivity index (χ1v) is 9.60. The Balaban J connectivity index is 1.77. The molecule has 0 aliphatic carbocycles. The maximum absolute atomic E-state index is 14.1. The zero-order valence-electron chi connectivity index (χ0n) is 16.1. The lowest BCUT2D eigenvalue weighted by molar-refractivity contribution is -0.138. The van der Waals surface area contributed by atoms with Gasteiger partial charge in [-0.3, -0.25) is 9.59 Å². The molecule has 0 unspecified atom stereocenters. The fourth-order valence-electron chi connectivity index (χ4n) is 3.05. The molecule has 0 spiro atoms. The van der Waals surface area contributed by atoms with Crippen molar-refractivity contribution in [3.8, 4) is 17.0 Å². The zero-order chi connectivity index (χ0) is 22.5. The van der Waals surface area contributed by atoms with Gasteiger partial charge in [0.05, 0.1) is 6.07 Å². The van der Waals surface area contributed by atoms with Gasteiger partial charge in [0, 0.05) is 16.6 Å². The standard InChI is InChI=1S/C21H19ClFN3O5/c22-13-5-6-16(23)15(8-13)12-3-1-11(2-4-12)7-14(9-17(24)21(29)30)25-20(28)18-10-19(27)26-31-18/h1-6,8,10,14,17H,7,9,24H2,(H,25,28)(H,26,27)(H,29,30)/t14-,17+/m1/s1. The average Bonchev–Trinajstić information content (AvgIpc) is 3.17. The van der Waals surface area contributed by atoms with Crippen LogP contribution in [0.1, 0.15) is 22.5 Å². The minimum atomic E-state index is -1.21. The molecule has 1 amide bonds. The number of rotatable bonds is 8. The van der Waals surface area contributed by atoms with E-state index in [1.807, 2.05) is 0 Å². The van der Waals surface area contributed by atoms with Gasteiger partial charge in [-0.2, -0.15) is 0 Å². The van der Waals surface area contributed by atoms with E-state index in [0.29, 0.717) is 16.1 Å². The quantitative estimate of drug-likeness (QED) is 0.416. The molecule has 10 heteroatoms. The summed E-state index contributed by atoms with van der Waals surface area (Å²) in [6.45, 7) is 0. The second-order valence-corrected chi connectivity index (χ2v) is 7.36. The van der Waals surface area contributed by atoms with Crippen LogP contribution in [0.4, 0.5) is 4.39 Å². The molecule has 0 aliphatic rings. The van der Waals surface area contributed by atoms with E-state index < -0.39 is 35.7 Å². The summed E-state index contributed by atoms with van der Waals surface area (Å²) in [6, 6.07) is 10.3. The molecule has 2 aromatic carbocycles. The molecule has 162 valence electrons. The Labute approximate surface area is 181 Å². The Morgan fingerprint density at radius 1 is 1.19 bits per heavy atom. The number of nitrogens with two attached hydrogens (primary N) is 1. The van der Waals surface area contributed by atoms with Crippen molar-refractivity contribution in [3.63, 3.8) is 0 Å². The molecule has 5 N–H and O–H groups in total. The summed E-state index contributed by atoms with van der Waals surface area (Å²) in [5, 5.41) is 24.6. The molecule has 0 radical (unpaired) electrons. The Morgan fingerprint density at radius 3 is 2.52 bits per heavy atom. The monoisotopic (exact) mass is 447 g/mol. The molecule has 2 atom stereocenters. The van der Waals surface area contributed by atoms with E-state index in [2.05, 4.69) is 10.5 Å². The summed E-state index contributed by atoms with van der Waals surface area (Å²) in [4.78, 5) is 23.5. The van der Waals surface area contributed by atoms with Crippen molar-refractivity contribution in [3.05, 3.63) is 70.7 Å². The minimum Gasteiger partial charge on any atom is -0.491 e.